The first-order valence-electron chi connectivity index (χ1n) is 11.4. The van der Waals surface area contributed by atoms with E-state index in [4.69, 9.17) is 10.5 Å². The quantitative estimate of drug-likeness (QED) is 0.365. The van der Waals surface area contributed by atoms with Gasteiger partial charge in [0.05, 0.1) is 31.8 Å². The number of carbonyl (C=O) groups is 1. The van der Waals surface area contributed by atoms with E-state index in [0.29, 0.717) is 24.6 Å². The Morgan fingerprint density at radius 3 is 2.81 bits per heavy atom. The lowest BCUT2D eigenvalue weighted by atomic mass is 10.1. The molecule has 36 heavy (non-hydrogen) atoms. The van der Waals surface area contributed by atoms with Crippen molar-refractivity contribution in [3.8, 4) is 17.9 Å². The molecule has 0 saturated carbocycles. The summed E-state index contributed by atoms with van der Waals surface area (Å²) in [6.07, 6.45) is 4.61. The molecule has 0 spiro atoms. The lowest BCUT2D eigenvalue weighted by Gasteiger charge is -2.31. The molecule has 4 rings (SSSR count). The highest BCUT2D eigenvalue weighted by atomic mass is 16.5. The SMILES string of the molecule is CC#CCn1c(N2CCCC(N)C2)nc2c1c(=O)n(Cc1cnccc1C#N)c(=O)n2CC(=O)OC. The van der Waals surface area contributed by atoms with Gasteiger partial charge < -0.3 is 15.4 Å². The number of anilines is 1. The van der Waals surface area contributed by atoms with Gasteiger partial charge in [0.25, 0.3) is 5.56 Å². The zero-order valence-corrected chi connectivity index (χ0v) is 20.1. The number of ether oxygens (including phenoxy) is 1. The molecular weight excluding hydrogens is 464 g/mol. The molecule has 1 fully saturated rings. The number of hydrogen-bond donors (Lipinski definition) is 1. The van der Waals surface area contributed by atoms with Gasteiger partial charge in [0.1, 0.15) is 6.54 Å². The molecule has 0 amide bonds. The largest absolute Gasteiger partial charge is 0.468 e. The maximum atomic E-state index is 13.8. The molecule has 0 bridgehead atoms. The number of nitrogens with two attached hydrogens (primary N) is 1. The molecule has 0 radical (unpaired) electrons. The molecule has 186 valence electrons. The number of piperidine rings is 1. The van der Waals surface area contributed by atoms with Crippen molar-refractivity contribution in [2.45, 2.75) is 45.4 Å². The van der Waals surface area contributed by atoms with E-state index in [1.165, 1.54) is 25.6 Å². The van der Waals surface area contributed by atoms with Crippen molar-refractivity contribution in [3.05, 3.63) is 50.4 Å². The summed E-state index contributed by atoms with van der Waals surface area (Å²) >= 11 is 0. The van der Waals surface area contributed by atoms with E-state index in [0.717, 1.165) is 22.0 Å². The van der Waals surface area contributed by atoms with Gasteiger partial charge in [-0.3, -0.25) is 28.3 Å². The van der Waals surface area contributed by atoms with Gasteiger partial charge >= 0.3 is 11.7 Å². The van der Waals surface area contributed by atoms with Gasteiger partial charge in [-0.15, -0.1) is 5.92 Å². The molecule has 2 N–H and O–H groups in total. The number of fused-ring (bicyclic) bond motifs is 1. The number of hydrogen-bond acceptors (Lipinski definition) is 9. The molecule has 1 aliphatic heterocycles. The second-order valence-corrected chi connectivity index (χ2v) is 8.43. The highest BCUT2D eigenvalue weighted by Gasteiger charge is 2.27. The van der Waals surface area contributed by atoms with Gasteiger partial charge in [-0.05, 0) is 25.8 Å². The Bertz CT molecular complexity index is 1530. The predicted molar refractivity (Wildman–Crippen MR) is 131 cm³/mol. The highest BCUT2D eigenvalue weighted by molar-refractivity contribution is 5.77. The summed E-state index contributed by atoms with van der Waals surface area (Å²) in [5.74, 6) is 5.58. The van der Waals surface area contributed by atoms with Gasteiger partial charge in [-0.25, -0.2) is 4.79 Å². The molecule has 12 nitrogen and oxygen atoms in total. The van der Waals surface area contributed by atoms with E-state index in [9.17, 15) is 19.6 Å². The first-order valence-corrected chi connectivity index (χ1v) is 11.4. The lowest BCUT2D eigenvalue weighted by Crippen LogP contribution is -2.44. The third kappa shape index (κ3) is 4.59. The van der Waals surface area contributed by atoms with E-state index in [-0.39, 0.29) is 35.9 Å². The molecule has 3 aromatic rings. The molecular formula is C24H26N8O4. The monoisotopic (exact) mass is 490 g/mol. The second-order valence-electron chi connectivity index (χ2n) is 8.43. The van der Waals surface area contributed by atoms with Crippen molar-refractivity contribution in [1.29, 1.82) is 5.26 Å². The molecule has 0 aromatic carbocycles. The molecule has 12 heteroatoms. The van der Waals surface area contributed by atoms with Gasteiger partial charge in [0.2, 0.25) is 5.95 Å². The van der Waals surface area contributed by atoms with Crippen LogP contribution in [0, 0.1) is 23.2 Å². The summed E-state index contributed by atoms with van der Waals surface area (Å²) in [5, 5.41) is 9.47. The van der Waals surface area contributed by atoms with Crippen LogP contribution in [0.5, 0.6) is 0 Å². The minimum absolute atomic E-state index is 0.0605. The fourth-order valence-electron chi connectivity index (χ4n) is 4.33. The average molecular weight is 491 g/mol. The van der Waals surface area contributed by atoms with Crippen LogP contribution in [0.15, 0.2) is 28.0 Å². The van der Waals surface area contributed by atoms with Crippen LogP contribution in [-0.2, 0) is 29.2 Å². The van der Waals surface area contributed by atoms with Crippen LogP contribution in [0.3, 0.4) is 0 Å². The number of aromatic nitrogens is 5. The summed E-state index contributed by atoms with van der Waals surface area (Å²) in [7, 11) is 1.21. The molecule has 1 atom stereocenters. The van der Waals surface area contributed by atoms with Gasteiger partial charge in [-0.1, -0.05) is 5.92 Å². The van der Waals surface area contributed by atoms with Crippen molar-refractivity contribution < 1.29 is 9.53 Å². The van der Waals surface area contributed by atoms with Crippen LogP contribution < -0.4 is 21.9 Å². The predicted octanol–water partition coefficient (Wildman–Crippen LogP) is -0.202. The molecule has 1 aliphatic rings. The molecule has 3 aromatic heterocycles. The van der Waals surface area contributed by atoms with Crippen LogP contribution in [0.25, 0.3) is 11.2 Å². The number of rotatable bonds is 6. The fraction of sp³-hybridized carbons (Fsp3) is 0.417. The zero-order valence-electron chi connectivity index (χ0n) is 20.1. The average Bonchev–Trinajstić information content (AvgIpc) is 3.27. The summed E-state index contributed by atoms with van der Waals surface area (Å²) in [5.41, 5.74) is 5.69. The highest BCUT2D eigenvalue weighted by Crippen LogP contribution is 2.23. The second kappa shape index (κ2) is 10.5. The van der Waals surface area contributed by atoms with Gasteiger partial charge in [-0.2, -0.15) is 10.2 Å². The Balaban J connectivity index is 2.02. The molecule has 0 aliphatic carbocycles. The first kappa shape index (κ1) is 24.7. The van der Waals surface area contributed by atoms with E-state index in [1.54, 1.807) is 11.5 Å². The smallest absolute Gasteiger partial charge is 0.333 e. The van der Waals surface area contributed by atoms with Crippen LogP contribution >= 0.6 is 0 Å². The summed E-state index contributed by atoms with van der Waals surface area (Å²) in [4.78, 5) is 50.2. The van der Waals surface area contributed by atoms with Crippen LogP contribution in [0.4, 0.5) is 5.95 Å². The summed E-state index contributed by atoms with van der Waals surface area (Å²) in [6, 6.07) is 3.49. The number of esters is 1. The van der Waals surface area contributed by atoms with E-state index < -0.39 is 23.8 Å². The third-order valence-corrected chi connectivity index (χ3v) is 6.12. The van der Waals surface area contributed by atoms with E-state index in [1.807, 2.05) is 11.0 Å². The Labute approximate surface area is 206 Å². The van der Waals surface area contributed by atoms with Crippen molar-refractivity contribution >= 4 is 23.1 Å². The van der Waals surface area contributed by atoms with Gasteiger partial charge in [0, 0.05) is 37.1 Å². The standard InChI is InChI=1S/C24H26N8O4/c1-3-4-10-30-20-21(28-23(30)29-9-5-6-18(26)14-29)31(15-19(33)36-2)24(35)32(22(20)34)13-17-12-27-8-7-16(17)11-25/h7-8,12,18H,5-6,9-10,13-15,26H2,1-2H3. The summed E-state index contributed by atoms with van der Waals surface area (Å²) in [6.45, 7) is 2.38. The van der Waals surface area contributed by atoms with Crippen molar-refractivity contribution in [1.82, 2.24) is 23.7 Å². The number of nitriles is 1. The van der Waals surface area contributed by atoms with Crippen LogP contribution in [0.2, 0.25) is 0 Å². The Kier molecular flexibility index (Phi) is 7.17. The lowest BCUT2D eigenvalue weighted by molar-refractivity contribution is -0.141. The maximum absolute atomic E-state index is 13.8. The molecule has 1 unspecified atom stereocenters. The zero-order chi connectivity index (χ0) is 25.8. The van der Waals surface area contributed by atoms with Crippen molar-refractivity contribution in [2.24, 2.45) is 5.73 Å². The molecule has 1 saturated heterocycles. The third-order valence-electron chi connectivity index (χ3n) is 6.12. The fourth-order valence-corrected chi connectivity index (χ4v) is 4.33. The number of methoxy groups -OCH3 is 1. The van der Waals surface area contributed by atoms with Crippen molar-refractivity contribution in [3.63, 3.8) is 0 Å². The molecule has 4 heterocycles. The van der Waals surface area contributed by atoms with E-state index in [2.05, 4.69) is 21.8 Å². The van der Waals surface area contributed by atoms with Crippen molar-refractivity contribution in [2.75, 3.05) is 25.1 Å². The summed E-state index contributed by atoms with van der Waals surface area (Å²) < 4.78 is 8.55. The van der Waals surface area contributed by atoms with Crippen LogP contribution in [0.1, 0.15) is 30.9 Å². The Morgan fingerprint density at radius 2 is 2.11 bits per heavy atom. The normalized spacial score (nSPS) is 15.3. The number of imidazole rings is 1. The first-order chi connectivity index (χ1) is 17.4. The number of nitrogens with zero attached hydrogens (tertiary/aromatic N) is 7. The topological polar surface area (TPSA) is 154 Å². The Hall–Kier alpha value is -4.42. The minimum atomic E-state index is -0.751. The van der Waals surface area contributed by atoms with E-state index >= 15 is 0 Å². The number of pyridine rings is 1. The Morgan fingerprint density at radius 1 is 1.31 bits per heavy atom. The minimum Gasteiger partial charge on any atom is -0.468 e. The van der Waals surface area contributed by atoms with Crippen LogP contribution in [-0.4, -0.2) is 55.9 Å². The van der Waals surface area contributed by atoms with Gasteiger partial charge in [0.15, 0.2) is 11.2 Å². The maximum Gasteiger partial charge on any atom is 0.333 e. The number of carbonyl (C=O) groups excluding carboxylic acids is 1.